The maximum absolute atomic E-state index is 12.0. The minimum atomic E-state index is 0.0883. The van der Waals surface area contributed by atoms with Crippen LogP contribution in [0.1, 0.15) is 46.8 Å². The molecule has 2 N–H and O–H groups in total. The highest BCUT2D eigenvalue weighted by Crippen LogP contribution is 2.32. The first kappa shape index (κ1) is 14.5. The quantitative estimate of drug-likeness (QED) is 0.787. The number of hydrogen-bond donors (Lipinski definition) is 2. The Kier molecular flexibility index (Phi) is 5.40. The van der Waals surface area contributed by atoms with Gasteiger partial charge in [-0.2, -0.15) is 0 Å². The van der Waals surface area contributed by atoms with Crippen molar-refractivity contribution in [1.82, 2.24) is 10.6 Å². The average molecular weight is 280 g/mol. The summed E-state index contributed by atoms with van der Waals surface area (Å²) in [6.45, 7) is 7.00. The predicted octanol–water partition coefficient (Wildman–Crippen LogP) is 2.60. The Morgan fingerprint density at radius 1 is 1.42 bits per heavy atom. The van der Waals surface area contributed by atoms with Crippen LogP contribution in [-0.4, -0.2) is 25.5 Å². The van der Waals surface area contributed by atoms with Gasteiger partial charge in [-0.05, 0) is 49.8 Å². The summed E-state index contributed by atoms with van der Waals surface area (Å²) in [4.78, 5) is 14.4. The van der Waals surface area contributed by atoms with Gasteiger partial charge in [-0.15, -0.1) is 11.3 Å². The molecule has 1 unspecified atom stereocenters. The summed E-state index contributed by atoms with van der Waals surface area (Å²) in [5.74, 6) is 0.849. The molecule has 0 saturated heterocycles. The van der Waals surface area contributed by atoms with Gasteiger partial charge in [0.1, 0.15) is 0 Å². The van der Waals surface area contributed by atoms with Crippen molar-refractivity contribution in [3.8, 4) is 0 Å². The van der Waals surface area contributed by atoms with Crippen LogP contribution >= 0.6 is 11.3 Å². The van der Waals surface area contributed by atoms with E-state index in [4.69, 9.17) is 0 Å². The minimum absolute atomic E-state index is 0.0883. The summed E-state index contributed by atoms with van der Waals surface area (Å²) in [6.07, 6.45) is 4.67. The van der Waals surface area contributed by atoms with E-state index in [0.29, 0.717) is 6.54 Å². The number of amides is 1. The molecule has 19 heavy (non-hydrogen) atoms. The van der Waals surface area contributed by atoms with Gasteiger partial charge in [-0.3, -0.25) is 4.79 Å². The molecule has 1 aromatic rings. The first-order valence-electron chi connectivity index (χ1n) is 7.31. The van der Waals surface area contributed by atoms with Crippen LogP contribution in [0.5, 0.6) is 0 Å². The molecular weight excluding hydrogens is 256 g/mol. The number of thiophene rings is 1. The molecule has 1 aliphatic carbocycles. The SMILES string of the molecule is CCCNCCNC(=O)c1cc2c(s1)CCC(C)C2. The molecule has 0 aliphatic heterocycles. The van der Waals surface area contributed by atoms with Gasteiger partial charge in [-0.1, -0.05) is 13.8 Å². The van der Waals surface area contributed by atoms with Crippen LogP contribution in [0, 0.1) is 5.92 Å². The van der Waals surface area contributed by atoms with Crippen molar-refractivity contribution < 1.29 is 4.79 Å². The fourth-order valence-electron chi connectivity index (χ4n) is 2.47. The summed E-state index contributed by atoms with van der Waals surface area (Å²) < 4.78 is 0. The molecule has 0 spiro atoms. The Labute approximate surface area is 119 Å². The number of aryl methyl sites for hydroxylation is 1. The maximum atomic E-state index is 12.0. The van der Waals surface area contributed by atoms with Crippen LogP contribution < -0.4 is 10.6 Å². The van der Waals surface area contributed by atoms with Crippen molar-refractivity contribution in [3.05, 3.63) is 21.4 Å². The monoisotopic (exact) mass is 280 g/mol. The third-order valence-corrected chi connectivity index (χ3v) is 4.80. The van der Waals surface area contributed by atoms with E-state index in [1.165, 1.54) is 16.9 Å². The molecule has 0 aromatic carbocycles. The van der Waals surface area contributed by atoms with Crippen molar-refractivity contribution in [3.63, 3.8) is 0 Å². The lowest BCUT2D eigenvalue weighted by Gasteiger charge is -2.16. The van der Waals surface area contributed by atoms with E-state index in [1.807, 2.05) is 0 Å². The zero-order chi connectivity index (χ0) is 13.7. The van der Waals surface area contributed by atoms with Crippen molar-refractivity contribution in [2.45, 2.75) is 39.5 Å². The molecule has 3 nitrogen and oxygen atoms in total. The average Bonchev–Trinajstić information content (AvgIpc) is 2.81. The highest BCUT2D eigenvalue weighted by atomic mass is 32.1. The molecule has 0 radical (unpaired) electrons. The second-order valence-electron chi connectivity index (χ2n) is 5.41. The maximum Gasteiger partial charge on any atom is 0.261 e. The van der Waals surface area contributed by atoms with E-state index in [-0.39, 0.29) is 5.91 Å². The van der Waals surface area contributed by atoms with Gasteiger partial charge in [0.2, 0.25) is 0 Å². The van der Waals surface area contributed by atoms with E-state index in [0.717, 1.165) is 43.1 Å². The Hall–Kier alpha value is -0.870. The highest BCUT2D eigenvalue weighted by molar-refractivity contribution is 7.14. The van der Waals surface area contributed by atoms with Crippen molar-refractivity contribution in [2.75, 3.05) is 19.6 Å². The Morgan fingerprint density at radius 2 is 2.26 bits per heavy atom. The number of fused-ring (bicyclic) bond motifs is 1. The zero-order valence-corrected chi connectivity index (χ0v) is 12.7. The molecule has 0 saturated carbocycles. The smallest absolute Gasteiger partial charge is 0.261 e. The molecule has 0 bridgehead atoms. The number of carbonyl (C=O) groups is 1. The molecule has 1 aliphatic rings. The predicted molar refractivity (Wildman–Crippen MR) is 81.0 cm³/mol. The second-order valence-corrected chi connectivity index (χ2v) is 6.55. The minimum Gasteiger partial charge on any atom is -0.350 e. The van der Waals surface area contributed by atoms with Gasteiger partial charge in [0.05, 0.1) is 4.88 Å². The zero-order valence-electron chi connectivity index (χ0n) is 11.9. The number of carbonyl (C=O) groups excluding carboxylic acids is 1. The lowest BCUT2D eigenvalue weighted by Crippen LogP contribution is -2.31. The molecule has 4 heteroatoms. The number of rotatable bonds is 6. The molecule has 1 amide bonds. The Morgan fingerprint density at radius 3 is 3.05 bits per heavy atom. The van der Waals surface area contributed by atoms with Crippen molar-refractivity contribution >= 4 is 17.2 Å². The lowest BCUT2D eigenvalue weighted by molar-refractivity contribution is 0.0958. The van der Waals surface area contributed by atoms with Crippen LogP contribution in [0.3, 0.4) is 0 Å². The molecule has 1 atom stereocenters. The van der Waals surface area contributed by atoms with Crippen LogP contribution in [0.25, 0.3) is 0 Å². The van der Waals surface area contributed by atoms with Gasteiger partial charge >= 0.3 is 0 Å². The number of hydrogen-bond acceptors (Lipinski definition) is 3. The third-order valence-electron chi connectivity index (χ3n) is 3.57. The van der Waals surface area contributed by atoms with E-state index < -0.39 is 0 Å². The fourth-order valence-corrected chi connectivity index (χ4v) is 3.60. The summed E-state index contributed by atoms with van der Waals surface area (Å²) in [7, 11) is 0. The fraction of sp³-hybridized carbons (Fsp3) is 0.667. The number of nitrogens with one attached hydrogen (secondary N) is 2. The van der Waals surface area contributed by atoms with Crippen molar-refractivity contribution in [2.24, 2.45) is 5.92 Å². The van der Waals surface area contributed by atoms with Gasteiger partial charge in [0, 0.05) is 18.0 Å². The van der Waals surface area contributed by atoms with Gasteiger partial charge in [-0.25, -0.2) is 0 Å². The van der Waals surface area contributed by atoms with Crippen LogP contribution in [0.4, 0.5) is 0 Å². The van der Waals surface area contributed by atoms with Crippen LogP contribution in [0.15, 0.2) is 6.07 Å². The molecule has 106 valence electrons. The highest BCUT2D eigenvalue weighted by Gasteiger charge is 2.20. The van der Waals surface area contributed by atoms with Crippen LogP contribution in [-0.2, 0) is 12.8 Å². The molecule has 1 aromatic heterocycles. The normalized spacial score (nSPS) is 18.1. The van der Waals surface area contributed by atoms with E-state index in [1.54, 1.807) is 11.3 Å². The molecular formula is C15H24N2OS. The summed E-state index contributed by atoms with van der Waals surface area (Å²) >= 11 is 1.68. The van der Waals surface area contributed by atoms with Gasteiger partial charge < -0.3 is 10.6 Å². The Balaban J connectivity index is 1.83. The summed E-state index contributed by atoms with van der Waals surface area (Å²) in [5.41, 5.74) is 1.40. The summed E-state index contributed by atoms with van der Waals surface area (Å²) in [6, 6.07) is 2.10. The van der Waals surface area contributed by atoms with Crippen LogP contribution in [0.2, 0.25) is 0 Å². The lowest BCUT2D eigenvalue weighted by atomic mass is 9.90. The summed E-state index contributed by atoms with van der Waals surface area (Å²) in [5, 5.41) is 6.27. The first-order chi connectivity index (χ1) is 9.20. The molecule has 1 heterocycles. The van der Waals surface area contributed by atoms with E-state index in [9.17, 15) is 4.79 Å². The first-order valence-corrected chi connectivity index (χ1v) is 8.12. The molecule has 2 rings (SSSR count). The second kappa shape index (κ2) is 7.06. The standard InChI is InChI=1S/C15H24N2OS/c1-3-6-16-7-8-17-15(18)14-10-12-9-11(2)4-5-13(12)19-14/h10-11,16H,3-9H2,1-2H3,(H,17,18). The largest absolute Gasteiger partial charge is 0.350 e. The van der Waals surface area contributed by atoms with Gasteiger partial charge in [0.15, 0.2) is 0 Å². The van der Waals surface area contributed by atoms with Gasteiger partial charge in [0.25, 0.3) is 5.91 Å². The third kappa shape index (κ3) is 4.05. The Bertz CT molecular complexity index is 428. The topological polar surface area (TPSA) is 41.1 Å². The molecule has 0 fully saturated rings. The van der Waals surface area contributed by atoms with Crippen molar-refractivity contribution in [1.29, 1.82) is 0 Å². The van der Waals surface area contributed by atoms with E-state index in [2.05, 4.69) is 30.5 Å². The van der Waals surface area contributed by atoms with E-state index >= 15 is 0 Å².